The van der Waals surface area contributed by atoms with Crippen LogP contribution in [0.15, 0.2) is 46.0 Å². The monoisotopic (exact) mass is 407 g/mol. The molecule has 0 radical (unpaired) electrons. The summed E-state index contributed by atoms with van der Waals surface area (Å²) < 4.78 is 52.2. The molecule has 1 N–H and O–H groups in total. The van der Waals surface area contributed by atoms with Gasteiger partial charge in [-0.3, -0.25) is 0 Å². The van der Waals surface area contributed by atoms with Crippen molar-refractivity contribution in [3.63, 3.8) is 0 Å². The van der Waals surface area contributed by atoms with Crippen LogP contribution in [0, 0.1) is 0 Å². The van der Waals surface area contributed by atoms with E-state index >= 15 is 0 Å². The standard InChI is InChI=1S/C15H18ClNO4S3/c1-2-10-23(18,19)17-11-14(12-5-7-13(16)8-6-12)24(20,21)15-4-3-9-22-15/h3-9,14,17H,2,10-11H2,1H3/t14-/m1/s1. The average Bonchev–Trinajstić information content (AvgIpc) is 3.04. The molecule has 2 rings (SSSR count). The lowest BCUT2D eigenvalue weighted by Crippen LogP contribution is -2.33. The van der Waals surface area contributed by atoms with Crippen molar-refractivity contribution >= 4 is 42.8 Å². The zero-order chi connectivity index (χ0) is 17.8. The van der Waals surface area contributed by atoms with Crippen LogP contribution in [0.25, 0.3) is 0 Å². The molecule has 0 unspecified atom stereocenters. The van der Waals surface area contributed by atoms with Gasteiger partial charge in [-0.05, 0) is 35.6 Å². The van der Waals surface area contributed by atoms with Gasteiger partial charge in [0.2, 0.25) is 10.0 Å². The van der Waals surface area contributed by atoms with Crippen molar-refractivity contribution in [2.45, 2.75) is 22.8 Å². The zero-order valence-corrected chi connectivity index (χ0v) is 16.2. The highest BCUT2D eigenvalue weighted by Gasteiger charge is 2.31. The van der Waals surface area contributed by atoms with Gasteiger partial charge in [0.05, 0.1) is 5.75 Å². The predicted octanol–water partition coefficient (Wildman–Crippen LogP) is 3.25. The van der Waals surface area contributed by atoms with E-state index in [9.17, 15) is 16.8 Å². The zero-order valence-electron chi connectivity index (χ0n) is 13.0. The van der Waals surface area contributed by atoms with Gasteiger partial charge in [-0.15, -0.1) is 11.3 Å². The van der Waals surface area contributed by atoms with E-state index < -0.39 is 25.1 Å². The summed E-state index contributed by atoms with van der Waals surface area (Å²) in [6.07, 6.45) is 0.457. The lowest BCUT2D eigenvalue weighted by molar-refractivity contribution is 0.569. The van der Waals surface area contributed by atoms with Crippen molar-refractivity contribution in [1.82, 2.24) is 4.72 Å². The Morgan fingerprint density at radius 3 is 2.33 bits per heavy atom. The Morgan fingerprint density at radius 2 is 1.79 bits per heavy atom. The first-order valence-corrected chi connectivity index (χ1v) is 11.7. The summed E-state index contributed by atoms with van der Waals surface area (Å²) in [5.74, 6) is -0.0423. The van der Waals surface area contributed by atoms with Gasteiger partial charge >= 0.3 is 0 Å². The molecule has 9 heteroatoms. The summed E-state index contributed by atoms with van der Waals surface area (Å²) in [6.45, 7) is 1.53. The Kier molecular flexibility index (Phi) is 6.44. The molecule has 1 aromatic carbocycles. The van der Waals surface area contributed by atoms with E-state index in [1.807, 2.05) is 0 Å². The Hall–Kier alpha value is -0.930. The van der Waals surface area contributed by atoms with E-state index in [0.29, 0.717) is 17.0 Å². The quantitative estimate of drug-likeness (QED) is 0.728. The second-order valence-electron chi connectivity index (χ2n) is 5.18. The van der Waals surface area contributed by atoms with Gasteiger partial charge in [-0.25, -0.2) is 21.6 Å². The first kappa shape index (κ1) is 19.4. The Morgan fingerprint density at radius 1 is 1.12 bits per heavy atom. The van der Waals surface area contributed by atoms with E-state index in [2.05, 4.69) is 4.72 Å². The lowest BCUT2D eigenvalue weighted by Gasteiger charge is -2.18. The number of thiophene rings is 1. The maximum Gasteiger partial charge on any atom is 0.211 e. The molecule has 2 aromatic rings. The fourth-order valence-corrected chi connectivity index (χ4v) is 6.39. The molecular formula is C15H18ClNO4S3. The van der Waals surface area contributed by atoms with E-state index in [-0.39, 0.29) is 16.5 Å². The molecule has 0 aliphatic heterocycles. The fraction of sp³-hybridized carbons (Fsp3) is 0.333. The van der Waals surface area contributed by atoms with Crippen molar-refractivity contribution < 1.29 is 16.8 Å². The van der Waals surface area contributed by atoms with E-state index in [1.54, 1.807) is 42.6 Å². The van der Waals surface area contributed by atoms with E-state index in [0.717, 1.165) is 11.3 Å². The third-order valence-corrected chi connectivity index (χ3v) is 8.69. The third kappa shape index (κ3) is 4.80. The van der Waals surface area contributed by atoms with Gasteiger partial charge in [0.25, 0.3) is 0 Å². The Bertz CT molecular complexity index is 860. The summed E-state index contributed by atoms with van der Waals surface area (Å²) >= 11 is 6.97. The van der Waals surface area contributed by atoms with Gasteiger partial charge in [-0.1, -0.05) is 36.7 Å². The molecule has 0 saturated carbocycles. The highest BCUT2D eigenvalue weighted by atomic mass is 35.5. The Labute approximate surface area is 151 Å². The second kappa shape index (κ2) is 7.97. The van der Waals surface area contributed by atoms with Gasteiger partial charge < -0.3 is 0 Å². The largest absolute Gasteiger partial charge is 0.222 e. The molecule has 0 amide bonds. The predicted molar refractivity (Wildman–Crippen MR) is 97.8 cm³/mol. The summed E-state index contributed by atoms with van der Waals surface area (Å²) in [6, 6.07) is 9.56. The maximum absolute atomic E-state index is 12.9. The molecule has 0 aliphatic carbocycles. The van der Waals surface area contributed by atoms with E-state index in [1.165, 1.54) is 6.07 Å². The first-order chi connectivity index (χ1) is 11.3. The number of nitrogens with one attached hydrogen (secondary N) is 1. The van der Waals surface area contributed by atoms with Gasteiger partial charge in [0.1, 0.15) is 9.46 Å². The van der Waals surface area contributed by atoms with Crippen molar-refractivity contribution in [2.24, 2.45) is 0 Å². The number of hydrogen-bond donors (Lipinski definition) is 1. The highest BCUT2D eigenvalue weighted by molar-refractivity contribution is 7.93. The van der Waals surface area contributed by atoms with Crippen LogP contribution in [0.1, 0.15) is 24.2 Å². The molecular weight excluding hydrogens is 390 g/mol. The minimum absolute atomic E-state index is 0.0423. The van der Waals surface area contributed by atoms with E-state index in [4.69, 9.17) is 11.6 Å². The molecule has 1 heterocycles. The summed E-state index contributed by atoms with van der Waals surface area (Å²) in [5.41, 5.74) is 0.493. The van der Waals surface area contributed by atoms with Crippen molar-refractivity contribution in [1.29, 1.82) is 0 Å². The van der Waals surface area contributed by atoms with Crippen LogP contribution >= 0.6 is 22.9 Å². The van der Waals surface area contributed by atoms with Crippen molar-refractivity contribution in [3.8, 4) is 0 Å². The SMILES string of the molecule is CCCS(=O)(=O)NC[C@H](c1ccc(Cl)cc1)S(=O)(=O)c1cccs1. The normalized spacial score (nSPS) is 13.8. The number of halogens is 1. The van der Waals surface area contributed by atoms with Crippen LogP contribution < -0.4 is 4.72 Å². The summed E-state index contributed by atoms with van der Waals surface area (Å²) in [4.78, 5) is 0. The number of benzene rings is 1. The first-order valence-electron chi connectivity index (χ1n) is 7.26. The third-order valence-electron chi connectivity index (χ3n) is 3.35. The van der Waals surface area contributed by atoms with Gasteiger partial charge in [-0.2, -0.15) is 0 Å². The number of hydrogen-bond acceptors (Lipinski definition) is 5. The highest BCUT2D eigenvalue weighted by Crippen LogP contribution is 2.31. The maximum atomic E-state index is 12.9. The molecule has 0 spiro atoms. The van der Waals surface area contributed by atoms with Gasteiger partial charge in [0.15, 0.2) is 9.84 Å². The Balaban J connectivity index is 2.37. The van der Waals surface area contributed by atoms with Crippen LogP contribution in [0.2, 0.25) is 5.02 Å². The smallest absolute Gasteiger partial charge is 0.211 e. The number of rotatable bonds is 8. The fourth-order valence-electron chi connectivity index (χ4n) is 2.19. The van der Waals surface area contributed by atoms with Crippen molar-refractivity contribution in [2.75, 3.05) is 12.3 Å². The van der Waals surface area contributed by atoms with Crippen LogP contribution in [0.3, 0.4) is 0 Å². The molecule has 1 aromatic heterocycles. The molecule has 1 atom stereocenters. The topological polar surface area (TPSA) is 80.3 Å². The molecule has 0 aliphatic rings. The molecule has 0 bridgehead atoms. The average molecular weight is 408 g/mol. The lowest BCUT2D eigenvalue weighted by atomic mass is 10.1. The molecule has 5 nitrogen and oxygen atoms in total. The second-order valence-corrected chi connectivity index (χ2v) is 10.9. The van der Waals surface area contributed by atoms with Crippen LogP contribution in [-0.4, -0.2) is 29.1 Å². The molecule has 132 valence electrons. The minimum Gasteiger partial charge on any atom is -0.222 e. The molecule has 24 heavy (non-hydrogen) atoms. The minimum atomic E-state index is -3.71. The van der Waals surface area contributed by atoms with Gasteiger partial charge in [0, 0.05) is 11.6 Å². The van der Waals surface area contributed by atoms with Crippen LogP contribution in [0.5, 0.6) is 0 Å². The summed E-state index contributed by atoms with van der Waals surface area (Å²) in [5, 5.41) is 1.14. The van der Waals surface area contributed by atoms with Crippen LogP contribution in [-0.2, 0) is 19.9 Å². The molecule has 0 fully saturated rings. The van der Waals surface area contributed by atoms with Crippen molar-refractivity contribution in [3.05, 3.63) is 52.4 Å². The van der Waals surface area contributed by atoms with Crippen LogP contribution in [0.4, 0.5) is 0 Å². The molecule has 0 saturated heterocycles. The number of sulfonamides is 1. The number of sulfone groups is 1. The summed E-state index contributed by atoms with van der Waals surface area (Å²) in [7, 11) is -7.22.